The van der Waals surface area contributed by atoms with Crippen LogP contribution in [0, 0.1) is 0 Å². The van der Waals surface area contributed by atoms with Crippen LogP contribution >= 0.6 is 0 Å². The molecule has 5 heteroatoms. The smallest absolute Gasteiger partial charge is 0.204 e. The number of hydrogen-bond donors (Lipinski definition) is 0. The Hall–Kier alpha value is -1.20. The van der Waals surface area contributed by atoms with E-state index in [-0.39, 0.29) is 21.7 Å². The molecular formula is C29H43NO2S2. The third kappa shape index (κ3) is 3.80. The van der Waals surface area contributed by atoms with E-state index < -0.39 is 20.7 Å². The van der Waals surface area contributed by atoms with Crippen molar-refractivity contribution in [3.63, 3.8) is 0 Å². The molecule has 1 atom stereocenters. The Balaban J connectivity index is 2.15. The second kappa shape index (κ2) is 8.16. The van der Waals surface area contributed by atoms with E-state index in [1.54, 1.807) is 11.1 Å². The molecular weight excluding hydrogens is 458 g/mol. The minimum absolute atomic E-state index is 0.0648. The lowest BCUT2D eigenvalue weighted by atomic mass is 9.72. The number of fused-ring (bicyclic) bond motifs is 2. The van der Waals surface area contributed by atoms with Gasteiger partial charge in [0.1, 0.15) is 0 Å². The standard InChI is InChI=1S/C29H43NO2S2/c1-10-28(11-2)18-26(5,6)24-21(28)16-22-25(27(7,8)19-29(22,12-3)13-4)23(24)20-14-15-33(17-20)30-34(9,31)32/h14-17H,10-13,18-19H2,1-9H3. The maximum atomic E-state index is 11.9. The van der Waals surface area contributed by atoms with Crippen LogP contribution in [0.4, 0.5) is 0 Å². The fourth-order valence-corrected chi connectivity index (χ4v) is 10.2. The lowest BCUT2D eigenvalue weighted by Gasteiger charge is -2.32. The molecule has 0 fully saturated rings. The van der Waals surface area contributed by atoms with Crippen molar-refractivity contribution in [1.29, 1.82) is 0 Å². The minimum atomic E-state index is -3.39. The Morgan fingerprint density at radius 2 is 1.29 bits per heavy atom. The summed E-state index contributed by atoms with van der Waals surface area (Å²) in [4.78, 5) is 0. The van der Waals surface area contributed by atoms with Crippen LogP contribution in [0.3, 0.4) is 0 Å². The second-order valence-electron chi connectivity index (χ2n) is 12.2. The van der Waals surface area contributed by atoms with Crippen molar-refractivity contribution in [1.82, 2.24) is 0 Å². The number of sulfonamides is 1. The molecule has 1 aromatic rings. The molecule has 4 rings (SSSR count). The topological polar surface area (TPSA) is 46.5 Å². The number of nitrogens with zero attached hydrogens (tertiary/aromatic N) is 1. The summed E-state index contributed by atoms with van der Waals surface area (Å²) >= 11 is 0. The summed E-state index contributed by atoms with van der Waals surface area (Å²) in [6, 6.07) is 2.64. The zero-order valence-corrected chi connectivity index (χ0v) is 24.3. The molecule has 0 N–H and O–H groups in total. The molecule has 0 bridgehead atoms. The zero-order chi connectivity index (χ0) is 25.3. The van der Waals surface area contributed by atoms with E-state index in [4.69, 9.17) is 0 Å². The zero-order valence-electron chi connectivity index (χ0n) is 22.6. The quantitative estimate of drug-likeness (QED) is 0.399. The van der Waals surface area contributed by atoms with Crippen LogP contribution in [-0.2, 0) is 42.4 Å². The average molecular weight is 502 g/mol. The predicted octanol–water partition coefficient (Wildman–Crippen LogP) is 7.79. The van der Waals surface area contributed by atoms with Gasteiger partial charge in [0.15, 0.2) is 0 Å². The molecule has 0 spiro atoms. The molecule has 0 saturated heterocycles. The van der Waals surface area contributed by atoms with Crippen LogP contribution in [0.25, 0.3) is 5.57 Å². The van der Waals surface area contributed by atoms with Crippen molar-refractivity contribution in [2.75, 3.05) is 6.26 Å². The molecule has 0 saturated carbocycles. The summed E-state index contributed by atoms with van der Waals surface area (Å²) in [5.41, 5.74) is 9.22. The fraction of sp³-hybridized carbons (Fsp3) is 0.655. The maximum Gasteiger partial charge on any atom is 0.256 e. The van der Waals surface area contributed by atoms with Crippen molar-refractivity contribution in [2.24, 2.45) is 3.77 Å². The first-order chi connectivity index (χ1) is 15.7. The highest BCUT2D eigenvalue weighted by molar-refractivity contribution is 8.02. The van der Waals surface area contributed by atoms with Crippen LogP contribution in [0.15, 0.2) is 26.7 Å². The molecule has 1 unspecified atom stereocenters. The highest BCUT2D eigenvalue weighted by atomic mass is 32.3. The van der Waals surface area contributed by atoms with Gasteiger partial charge in [-0.1, -0.05) is 61.5 Å². The minimum Gasteiger partial charge on any atom is -0.204 e. The van der Waals surface area contributed by atoms with E-state index in [1.807, 2.05) is 5.41 Å². The third-order valence-corrected chi connectivity index (χ3v) is 11.9. The molecule has 0 radical (unpaired) electrons. The van der Waals surface area contributed by atoms with E-state index >= 15 is 0 Å². The largest absolute Gasteiger partial charge is 0.256 e. The molecule has 0 aromatic heterocycles. The summed E-state index contributed by atoms with van der Waals surface area (Å²) in [7, 11) is -4.11. The number of benzene rings is 1. The van der Waals surface area contributed by atoms with Gasteiger partial charge in [-0.2, -0.15) is 0 Å². The summed E-state index contributed by atoms with van der Waals surface area (Å²) in [6.45, 7) is 19.1. The Morgan fingerprint density at radius 1 is 0.853 bits per heavy atom. The van der Waals surface area contributed by atoms with Crippen LogP contribution in [-0.4, -0.2) is 14.7 Å². The van der Waals surface area contributed by atoms with E-state index in [9.17, 15) is 8.42 Å². The van der Waals surface area contributed by atoms with Gasteiger partial charge in [0.2, 0.25) is 0 Å². The van der Waals surface area contributed by atoms with Crippen molar-refractivity contribution in [3.05, 3.63) is 50.8 Å². The predicted molar refractivity (Wildman–Crippen MR) is 148 cm³/mol. The van der Waals surface area contributed by atoms with E-state index in [2.05, 4.69) is 76.7 Å². The van der Waals surface area contributed by atoms with Crippen molar-refractivity contribution >= 4 is 26.3 Å². The lowest BCUT2D eigenvalue weighted by molar-refractivity contribution is 0.322. The van der Waals surface area contributed by atoms with Gasteiger partial charge >= 0.3 is 0 Å². The van der Waals surface area contributed by atoms with Crippen LogP contribution < -0.4 is 0 Å². The van der Waals surface area contributed by atoms with E-state index in [1.165, 1.54) is 41.4 Å². The molecule has 188 valence electrons. The SMILES string of the molecule is CCC1(CC)CC(C)(C)c2c1cc1c(c2C2=C/S(=N\S(C)(=O)=O)C=C2)C(C)(C)CC1(CC)CC. The highest BCUT2D eigenvalue weighted by Crippen LogP contribution is 2.62. The van der Waals surface area contributed by atoms with Gasteiger partial charge in [0.25, 0.3) is 10.0 Å². The van der Waals surface area contributed by atoms with Crippen LogP contribution in [0.5, 0.6) is 0 Å². The van der Waals surface area contributed by atoms with E-state index in [0.717, 1.165) is 25.7 Å². The first-order valence-electron chi connectivity index (χ1n) is 13.0. The number of hydrogen-bond acceptors (Lipinski definition) is 2. The van der Waals surface area contributed by atoms with Crippen molar-refractivity contribution in [2.45, 2.75) is 116 Å². The Kier molecular flexibility index (Phi) is 6.21. The van der Waals surface area contributed by atoms with E-state index in [0.29, 0.717) is 0 Å². The molecule has 2 aliphatic carbocycles. The Morgan fingerprint density at radius 3 is 1.68 bits per heavy atom. The molecule has 3 nitrogen and oxygen atoms in total. The average Bonchev–Trinajstić information content (AvgIpc) is 3.36. The van der Waals surface area contributed by atoms with Gasteiger partial charge < -0.3 is 0 Å². The summed E-state index contributed by atoms with van der Waals surface area (Å²) in [5, 5.41) is 4.09. The summed E-state index contributed by atoms with van der Waals surface area (Å²) in [5.74, 6) is 0. The highest BCUT2D eigenvalue weighted by Gasteiger charge is 2.53. The van der Waals surface area contributed by atoms with Gasteiger partial charge in [0.05, 0.1) is 6.26 Å². The molecule has 3 aliphatic rings. The Bertz CT molecular complexity index is 1160. The fourth-order valence-electron chi connectivity index (χ4n) is 7.73. The molecule has 0 amide bonds. The van der Waals surface area contributed by atoms with Gasteiger partial charge in [-0.3, -0.25) is 0 Å². The third-order valence-electron chi connectivity index (χ3n) is 9.24. The molecule has 1 aliphatic heterocycles. The van der Waals surface area contributed by atoms with Crippen molar-refractivity contribution in [3.8, 4) is 0 Å². The van der Waals surface area contributed by atoms with Gasteiger partial charge in [0, 0.05) is 0 Å². The second-order valence-corrected chi connectivity index (χ2v) is 15.5. The Labute approximate surface area is 210 Å². The van der Waals surface area contributed by atoms with Gasteiger partial charge in [-0.15, -0.1) is 3.77 Å². The molecule has 34 heavy (non-hydrogen) atoms. The number of allylic oxidation sites excluding steroid dienone is 2. The van der Waals surface area contributed by atoms with Crippen LogP contribution in [0.1, 0.15) is 122 Å². The summed E-state index contributed by atoms with van der Waals surface area (Å²) in [6.07, 6.45) is 10.3. The molecule has 1 heterocycles. The molecule has 1 aromatic carbocycles. The first kappa shape index (κ1) is 25.9. The first-order valence-corrected chi connectivity index (χ1v) is 16.1. The van der Waals surface area contributed by atoms with Gasteiger partial charge in [-0.25, -0.2) is 8.42 Å². The normalized spacial score (nSPS) is 25.4. The summed E-state index contributed by atoms with van der Waals surface area (Å²) < 4.78 is 27.9. The number of rotatable bonds is 6. The van der Waals surface area contributed by atoms with Crippen LogP contribution in [0.2, 0.25) is 0 Å². The lowest BCUT2D eigenvalue weighted by Crippen LogP contribution is -2.25. The van der Waals surface area contributed by atoms with Gasteiger partial charge in [-0.05, 0) is 121 Å². The maximum absolute atomic E-state index is 11.9. The van der Waals surface area contributed by atoms with Crippen molar-refractivity contribution < 1.29 is 8.42 Å². The monoisotopic (exact) mass is 501 g/mol.